The Kier molecular flexibility index (Phi) is 6.03. The molecule has 4 nitrogen and oxygen atoms in total. The van der Waals surface area contributed by atoms with Crippen LogP contribution in [0.4, 0.5) is 0 Å². The van der Waals surface area contributed by atoms with Crippen LogP contribution in [0.25, 0.3) is 0 Å². The summed E-state index contributed by atoms with van der Waals surface area (Å²) in [4.78, 5) is 7.82. The summed E-state index contributed by atoms with van der Waals surface area (Å²) < 4.78 is 5.54. The molecule has 1 saturated heterocycles. The molecule has 1 atom stereocenters. The molecule has 144 valence electrons. The molecule has 2 aromatic rings. The predicted octanol–water partition coefficient (Wildman–Crippen LogP) is 3.44. The smallest absolute Gasteiger partial charge is 0.119 e. The van der Waals surface area contributed by atoms with E-state index in [0.717, 1.165) is 51.3 Å². The standard InChI is InChI=1S/C22H28N2O2S/c1-26-18-7-8-22-19(16-18)20(15-17-5-2-3-6-21(17)27-22)24-12-10-23(11-13-24)9-4-14-25/h2-3,5-8,16,20,25H,4,9-15H2,1H3. The summed E-state index contributed by atoms with van der Waals surface area (Å²) in [6.45, 7) is 5.57. The molecule has 2 heterocycles. The van der Waals surface area contributed by atoms with E-state index in [1.807, 2.05) is 11.8 Å². The van der Waals surface area contributed by atoms with E-state index in [2.05, 4.69) is 52.3 Å². The number of ether oxygens (including phenoxy) is 1. The van der Waals surface area contributed by atoms with Crippen LogP contribution in [0, 0.1) is 0 Å². The molecule has 5 heteroatoms. The molecule has 2 aromatic carbocycles. The monoisotopic (exact) mass is 384 g/mol. The average Bonchev–Trinajstić information content (AvgIpc) is 2.88. The van der Waals surface area contributed by atoms with Crippen LogP contribution in [0.3, 0.4) is 0 Å². The first-order valence-corrected chi connectivity index (χ1v) is 10.6. The number of hydrogen-bond donors (Lipinski definition) is 1. The minimum absolute atomic E-state index is 0.282. The van der Waals surface area contributed by atoms with Gasteiger partial charge in [0.05, 0.1) is 7.11 Å². The van der Waals surface area contributed by atoms with Gasteiger partial charge in [-0.1, -0.05) is 30.0 Å². The van der Waals surface area contributed by atoms with Gasteiger partial charge in [0.1, 0.15) is 5.75 Å². The fraction of sp³-hybridized carbons (Fsp3) is 0.455. The Balaban J connectivity index is 1.61. The van der Waals surface area contributed by atoms with Crippen molar-refractivity contribution in [2.45, 2.75) is 28.7 Å². The Hall–Kier alpha value is -1.53. The average molecular weight is 385 g/mol. The Morgan fingerprint density at radius 1 is 1.07 bits per heavy atom. The maximum absolute atomic E-state index is 9.08. The molecule has 2 aliphatic rings. The van der Waals surface area contributed by atoms with Gasteiger partial charge in [0.25, 0.3) is 0 Å². The van der Waals surface area contributed by atoms with Gasteiger partial charge in [0, 0.05) is 55.2 Å². The lowest BCUT2D eigenvalue weighted by Crippen LogP contribution is -2.48. The van der Waals surface area contributed by atoms with E-state index in [0.29, 0.717) is 6.04 Å². The van der Waals surface area contributed by atoms with Crippen molar-refractivity contribution in [3.63, 3.8) is 0 Å². The molecule has 0 spiro atoms. The quantitative estimate of drug-likeness (QED) is 0.854. The zero-order chi connectivity index (χ0) is 18.6. The molecule has 0 aromatic heterocycles. The Morgan fingerprint density at radius 2 is 1.89 bits per heavy atom. The van der Waals surface area contributed by atoms with Crippen LogP contribution in [0.5, 0.6) is 5.75 Å². The summed E-state index contributed by atoms with van der Waals surface area (Å²) >= 11 is 1.88. The SMILES string of the molecule is COc1ccc2c(c1)C(N1CCN(CCCO)CC1)Cc1ccccc1S2. The second-order valence-electron chi connectivity index (χ2n) is 7.29. The van der Waals surface area contributed by atoms with Crippen LogP contribution in [0.2, 0.25) is 0 Å². The number of hydrogen-bond acceptors (Lipinski definition) is 5. The van der Waals surface area contributed by atoms with Crippen molar-refractivity contribution in [3.05, 3.63) is 53.6 Å². The number of rotatable bonds is 5. The maximum atomic E-state index is 9.08. The second-order valence-corrected chi connectivity index (χ2v) is 8.37. The molecular weight excluding hydrogens is 356 g/mol. The molecule has 0 radical (unpaired) electrons. The van der Waals surface area contributed by atoms with E-state index in [4.69, 9.17) is 9.84 Å². The van der Waals surface area contributed by atoms with Crippen LogP contribution < -0.4 is 4.74 Å². The molecule has 0 amide bonds. The minimum atomic E-state index is 0.282. The van der Waals surface area contributed by atoms with Crippen LogP contribution in [0.1, 0.15) is 23.6 Å². The lowest BCUT2D eigenvalue weighted by molar-refractivity contribution is 0.0898. The Bertz CT molecular complexity index is 775. The molecule has 0 saturated carbocycles. The molecule has 27 heavy (non-hydrogen) atoms. The highest BCUT2D eigenvalue weighted by Gasteiger charge is 2.30. The first kappa shape index (κ1) is 18.8. The molecule has 2 aliphatic heterocycles. The van der Waals surface area contributed by atoms with Gasteiger partial charge >= 0.3 is 0 Å². The second kappa shape index (κ2) is 8.65. The van der Waals surface area contributed by atoms with Crippen molar-refractivity contribution in [2.75, 3.05) is 46.4 Å². The summed E-state index contributed by atoms with van der Waals surface area (Å²) in [5.74, 6) is 0.937. The summed E-state index contributed by atoms with van der Waals surface area (Å²) in [5, 5.41) is 9.08. The van der Waals surface area contributed by atoms with Crippen LogP contribution in [-0.4, -0.2) is 61.3 Å². The highest BCUT2D eigenvalue weighted by Crippen LogP contribution is 2.44. The van der Waals surface area contributed by atoms with Gasteiger partial charge in [-0.2, -0.15) is 0 Å². The number of aliphatic hydroxyl groups excluding tert-OH is 1. The van der Waals surface area contributed by atoms with Crippen LogP contribution >= 0.6 is 11.8 Å². The Morgan fingerprint density at radius 3 is 2.67 bits per heavy atom. The van der Waals surface area contributed by atoms with E-state index >= 15 is 0 Å². The van der Waals surface area contributed by atoms with E-state index in [1.54, 1.807) is 7.11 Å². The third kappa shape index (κ3) is 4.16. The van der Waals surface area contributed by atoms with Crippen molar-refractivity contribution in [1.82, 2.24) is 9.80 Å². The molecule has 1 unspecified atom stereocenters. The van der Waals surface area contributed by atoms with Gasteiger partial charge in [-0.25, -0.2) is 0 Å². The third-order valence-corrected chi connectivity index (χ3v) is 6.87. The third-order valence-electron chi connectivity index (χ3n) is 5.66. The lowest BCUT2D eigenvalue weighted by atomic mass is 9.96. The zero-order valence-electron chi connectivity index (χ0n) is 15.9. The van der Waals surface area contributed by atoms with Gasteiger partial charge in [0.2, 0.25) is 0 Å². The lowest BCUT2D eigenvalue weighted by Gasteiger charge is -2.39. The van der Waals surface area contributed by atoms with Crippen molar-refractivity contribution in [1.29, 1.82) is 0 Å². The molecule has 0 bridgehead atoms. The van der Waals surface area contributed by atoms with Crippen LogP contribution in [-0.2, 0) is 6.42 Å². The predicted molar refractivity (Wildman–Crippen MR) is 110 cm³/mol. The number of fused-ring (bicyclic) bond motifs is 2. The molecule has 1 fully saturated rings. The minimum Gasteiger partial charge on any atom is -0.497 e. The summed E-state index contributed by atoms with van der Waals surface area (Å²) in [6, 6.07) is 15.7. The summed E-state index contributed by atoms with van der Waals surface area (Å²) in [5.41, 5.74) is 2.82. The molecule has 4 rings (SSSR count). The highest BCUT2D eigenvalue weighted by atomic mass is 32.2. The number of piperazine rings is 1. The van der Waals surface area contributed by atoms with Gasteiger partial charge < -0.3 is 14.7 Å². The van der Waals surface area contributed by atoms with Gasteiger partial charge in [0.15, 0.2) is 0 Å². The van der Waals surface area contributed by atoms with Crippen molar-refractivity contribution in [2.24, 2.45) is 0 Å². The normalized spacial score (nSPS) is 20.6. The first-order chi connectivity index (χ1) is 13.3. The van der Waals surface area contributed by atoms with Crippen molar-refractivity contribution >= 4 is 11.8 Å². The van der Waals surface area contributed by atoms with Gasteiger partial charge in [-0.15, -0.1) is 0 Å². The fourth-order valence-electron chi connectivity index (χ4n) is 4.13. The number of benzene rings is 2. The number of nitrogens with zero attached hydrogens (tertiary/aromatic N) is 2. The van der Waals surface area contributed by atoms with E-state index in [-0.39, 0.29) is 6.61 Å². The first-order valence-electron chi connectivity index (χ1n) is 9.79. The van der Waals surface area contributed by atoms with E-state index in [1.165, 1.54) is 20.9 Å². The fourth-order valence-corrected chi connectivity index (χ4v) is 5.25. The topological polar surface area (TPSA) is 35.9 Å². The van der Waals surface area contributed by atoms with Crippen molar-refractivity contribution < 1.29 is 9.84 Å². The maximum Gasteiger partial charge on any atom is 0.119 e. The Labute approximate surface area is 166 Å². The summed E-state index contributed by atoms with van der Waals surface area (Å²) in [7, 11) is 1.75. The summed E-state index contributed by atoms with van der Waals surface area (Å²) in [6.07, 6.45) is 1.91. The van der Waals surface area contributed by atoms with Crippen LogP contribution in [0.15, 0.2) is 52.3 Å². The van der Waals surface area contributed by atoms with Crippen molar-refractivity contribution in [3.8, 4) is 5.75 Å². The number of aliphatic hydroxyl groups is 1. The van der Waals surface area contributed by atoms with Gasteiger partial charge in [-0.05, 0) is 48.2 Å². The zero-order valence-corrected chi connectivity index (χ0v) is 16.8. The highest BCUT2D eigenvalue weighted by molar-refractivity contribution is 7.99. The van der Waals surface area contributed by atoms with Gasteiger partial charge in [-0.3, -0.25) is 4.90 Å². The van der Waals surface area contributed by atoms with E-state index < -0.39 is 0 Å². The number of methoxy groups -OCH3 is 1. The molecule has 1 N–H and O–H groups in total. The molecular formula is C22H28N2O2S. The largest absolute Gasteiger partial charge is 0.497 e. The van der Waals surface area contributed by atoms with E-state index in [9.17, 15) is 0 Å². The molecule has 0 aliphatic carbocycles.